The van der Waals surface area contributed by atoms with Crippen LogP contribution < -0.4 is 0 Å². The quantitative estimate of drug-likeness (QED) is 0.412. The SMILES string of the molecule is CCCCCCC(CC)(CC)CBr. The van der Waals surface area contributed by atoms with E-state index in [0.717, 1.165) is 0 Å². The average molecular weight is 249 g/mol. The van der Waals surface area contributed by atoms with Crippen LogP contribution in [0.2, 0.25) is 0 Å². The summed E-state index contributed by atoms with van der Waals surface area (Å²) in [7, 11) is 0. The van der Waals surface area contributed by atoms with Crippen LogP contribution in [0.3, 0.4) is 0 Å². The van der Waals surface area contributed by atoms with Crippen LogP contribution in [0.1, 0.15) is 65.7 Å². The molecule has 0 aromatic rings. The molecule has 0 radical (unpaired) electrons. The van der Waals surface area contributed by atoms with Gasteiger partial charge in [0, 0.05) is 5.33 Å². The maximum Gasteiger partial charge on any atom is 0.00877 e. The first kappa shape index (κ1) is 13.5. The molecule has 0 amide bonds. The molecular formula is C12H25Br. The van der Waals surface area contributed by atoms with E-state index in [9.17, 15) is 0 Å². The zero-order chi connectivity index (χ0) is 10.2. The van der Waals surface area contributed by atoms with Crippen molar-refractivity contribution in [2.24, 2.45) is 5.41 Å². The Hall–Kier alpha value is 0.480. The molecule has 0 aliphatic carbocycles. The molecule has 0 N–H and O–H groups in total. The highest BCUT2D eigenvalue weighted by Gasteiger charge is 2.23. The van der Waals surface area contributed by atoms with Crippen LogP contribution in [0, 0.1) is 5.41 Å². The first-order valence-electron chi connectivity index (χ1n) is 5.80. The van der Waals surface area contributed by atoms with E-state index in [-0.39, 0.29) is 0 Å². The smallest absolute Gasteiger partial charge is 0.00877 e. The van der Waals surface area contributed by atoms with Crippen molar-refractivity contribution in [3.8, 4) is 0 Å². The van der Waals surface area contributed by atoms with Crippen LogP contribution in [0.4, 0.5) is 0 Å². The number of hydrogen-bond acceptors (Lipinski definition) is 0. The molecule has 0 aromatic carbocycles. The highest BCUT2D eigenvalue weighted by Crippen LogP contribution is 2.34. The Morgan fingerprint density at radius 3 is 1.92 bits per heavy atom. The lowest BCUT2D eigenvalue weighted by Crippen LogP contribution is -2.20. The van der Waals surface area contributed by atoms with Crippen molar-refractivity contribution in [2.45, 2.75) is 65.7 Å². The number of alkyl halides is 1. The maximum absolute atomic E-state index is 3.66. The second kappa shape index (κ2) is 7.84. The molecule has 0 aromatic heterocycles. The highest BCUT2D eigenvalue weighted by atomic mass is 79.9. The summed E-state index contributed by atoms with van der Waals surface area (Å²) in [5.41, 5.74) is 0.591. The van der Waals surface area contributed by atoms with Crippen LogP contribution in [-0.4, -0.2) is 5.33 Å². The van der Waals surface area contributed by atoms with E-state index in [1.807, 2.05) is 0 Å². The third-order valence-corrected chi connectivity index (χ3v) is 4.53. The third-order valence-electron chi connectivity index (χ3n) is 3.34. The van der Waals surface area contributed by atoms with Gasteiger partial charge in [-0.1, -0.05) is 62.4 Å². The first-order chi connectivity index (χ1) is 6.24. The van der Waals surface area contributed by atoms with Gasteiger partial charge in [-0.05, 0) is 24.7 Å². The topological polar surface area (TPSA) is 0 Å². The van der Waals surface area contributed by atoms with E-state index in [0.29, 0.717) is 5.41 Å². The Balaban J connectivity index is 3.68. The zero-order valence-corrected chi connectivity index (χ0v) is 11.1. The van der Waals surface area contributed by atoms with E-state index in [1.54, 1.807) is 0 Å². The largest absolute Gasteiger partial charge is 0.0922 e. The molecule has 0 nitrogen and oxygen atoms in total. The second-order valence-corrected chi connectivity index (χ2v) is 4.71. The summed E-state index contributed by atoms with van der Waals surface area (Å²) < 4.78 is 0. The molecule has 0 heterocycles. The molecule has 0 saturated heterocycles. The Morgan fingerprint density at radius 2 is 1.54 bits per heavy atom. The zero-order valence-electron chi connectivity index (χ0n) is 9.53. The summed E-state index contributed by atoms with van der Waals surface area (Å²) >= 11 is 3.66. The number of hydrogen-bond donors (Lipinski definition) is 0. The van der Waals surface area contributed by atoms with Gasteiger partial charge in [0.15, 0.2) is 0 Å². The Morgan fingerprint density at radius 1 is 0.923 bits per heavy atom. The number of rotatable bonds is 8. The minimum absolute atomic E-state index is 0.591. The number of halogens is 1. The Bertz CT molecular complexity index is 97.4. The van der Waals surface area contributed by atoms with Gasteiger partial charge in [0.2, 0.25) is 0 Å². The lowest BCUT2D eigenvalue weighted by molar-refractivity contribution is 0.272. The van der Waals surface area contributed by atoms with Crippen LogP contribution in [-0.2, 0) is 0 Å². The second-order valence-electron chi connectivity index (χ2n) is 4.15. The fourth-order valence-electron chi connectivity index (χ4n) is 1.79. The number of unbranched alkanes of at least 4 members (excludes halogenated alkanes) is 3. The van der Waals surface area contributed by atoms with Crippen molar-refractivity contribution in [1.82, 2.24) is 0 Å². The van der Waals surface area contributed by atoms with E-state index in [4.69, 9.17) is 0 Å². The summed E-state index contributed by atoms with van der Waals surface area (Å²) in [6.45, 7) is 6.92. The van der Waals surface area contributed by atoms with Crippen molar-refractivity contribution < 1.29 is 0 Å². The maximum atomic E-state index is 3.66. The van der Waals surface area contributed by atoms with Gasteiger partial charge >= 0.3 is 0 Å². The summed E-state index contributed by atoms with van der Waals surface area (Å²) in [4.78, 5) is 0. The summed E-state index contributed by atoms with van der Waals surface area (Å²) in [6.07, 6.45) is 9.64. The van der Waals surface area contributed by atoms with E-state index >= 15 is 0 Å². The van der Waals surface area contributed by atoms with Gasteiger partial charge in [-0.25, -0.2) is 0 Å². The highest BCUT2D eigenvalue weighted by molar-refractivity contribution is 9.09. The molecule has 80 valence electrons. The first-order valence-corrected chi connectivity index (χ1v) is 6.92. The molecule has 0 aliphatic rings. The van der Waals surface area contributed by atoms with E-state index in [2.05, 4.69) is 36.7 Å². The molecule has 13 heavy (non-hydrogen) atoms. The van der Waals surface area contributed by atoms with Crippen molar-refractivity contribution in [2.75, 3.05) is 5.33 Å². The standard InChI is InChI=1S/C12H25Br/c1-4-7-8-9-10-12(5-2,6-3)11-13/h4-11H2,1-3H3. The molecule has 0 fully saturated rings. The summed E-state index contributed by atoms with van der Waals surface area (Å²) in [5.74, 6) is 0. The summed E-state index contributed by atoms with van der Waals surface area (Å²) in [6, 6.07) is 0. The van der Waals surface area contributed by atoms with Crippen LogP contribution >= 0.6 is 15.9 Å². The molecule has 0 unspecified atom stereocenters. The van der Waals surface area contributed by atoms with Crippen molar-refractivity contribution in [3.63, 3.8) is 0 Å². The fourth-order valence-corrected chi connectivity index (χ4v) is 2.86. The van der Waals surface area contributed by atoms with Crippen LogP contribution in [0.25, 0.3) is 0 Å². The minimum Gasteiger partial charge on any atom is -0.0922 e. The summed E-state index contributed by atoms with van der Waals surface area (Å²) in [5, 5.41) is 1.18. The van der Waals surface area contributed by atoms with Crippen molar-refractivity contribution >= 4 is 15.9 Å². The molecule has 0 saturated carbocycles. The van der Waals surface area contributed by atoms with Gasteiger partial charge in [0.05, 0.1) is 0 Å². The van der Waals surface area contributed by atoms with Gasteiger partial charge in [-0.15, -0.1) is 0 Å². The van der Waals surface area contributed by atoms with Gasteiger partial charge in [-0.3, -0.25) is 0 Å². The fraction of sp³-hybridized carbons (Fsp3) is 1.00. The monoisotopic (exact) mass is 248 g/mol. The van der Waals surface area contributed by atoms with Gasteiger partial charge < -0.3 is 0 Å². The van der Waals surface area contributed by atoms with Crippen LogP contribution in [0.5, 0.6) is 0 Å². The molecule has 0 rings (SSSR count). The van der Waals surface area contributed by atoms with Gasteiger partial charge in [-0.2, -0.15) is 0 Å². The van der Waals surface area contributed by atoms with Crippen molar-refractivity contribution in [1.29, 1.82) is 0 Å². The van der Waals surface area contributed by atoms with Crippen LogP contribution in [0.15, 0.2) is 0 Å². The lowest BCUT2D eigenvalue weighted by Gasteiger charge is -2.29. The van der Waals surface area contributed by atoms with Crippen molar-refractivity contribution in [3.05, 3.63) is 0 Å². The van der Waals surface area contributed by atoms with E-state index < -0.39 is 0 Å². The predicted octanol–water partition coefficient (Wildman–Crippen LogP) is 5.16. The Kier molecular flexibility index (Phi) is 8.13. The van der Waals surface area contributed by atoms with E-state index in [1.165, 1.54) is 50.3 Å². The molecule has 1 heteroatoms. The van der Waals surface area contributed by atoms with Gasteiger partial charge in [0.25, 0.3) is 0 Å². The molecular weight excluding hydrogens is 224 g/mol. The van der Waals surface area contributed by atoms with Gasteiger partial charge in [0.1, 0.15) is 0 Å². The minimum atomic E-state index is 0.591. The molecule has 0 aliphatic heterocycles. The predicted molar refractivity (Wildman–Crippen MR) is 65.6 cm³/mol. The Labute approximate surface area is 92.6 Å². The lowest BCUT2D eigenvalue weighted by atomic mass is 9.80. The third kappa shape index (κ3) is 5.05. The average Bonchev–Trinajstić information content (AvgIpc) is 2.20. The normalized spacial score (nSPS) is 12.0. The molecule has 0 bridgehead atoms. The molecule has 0 atom stereocenters. The molecule has 0 spiro atoms.